The Morgan fingerprint density at radius 1 is 0.596 bits per heavy atom. The number of hydrogen-bond acceptors (Lipinski definition) is 14. The summed E-state index contributed by atoms with van der Waals surface area (Å²) in [6.45, 7) is 17.1. The van der Waals surface area contributed by atoms with Crippen molar-refractivity contribution >= 4 is 76.7 Å². The number of rotatable bonds is 12. The number of thioether (sulfide) groups is 1. The van der Waals surface area contributed by atoms with Gasteiger partial charge in [-0.25, -0.2) is 0 Å². The number of ether oxygens (including phenoxy) is 1. The van der Waals surface area contributed by atoms with Gasteiger partial charge < -0.3 is 65.0 Å². The first kappa shape index (κ1) is 77.6. The molecule has 4 N–H and O–H groups in total. The summed E-state index contributed by atoms with van der Waals surface area (Å²) >= 11 is 1.21. The van der Waals surface area contributed by atoms with Crippen molar-refractivity contribution in [3.63, 3.8) is 0 Å². The molecule has 0 radical (unpaired) electrons. The Morgan fingerprint density at radius 2 is 1.09 bits per heavy atom. The maximum Gasteiger partial charge on any atom is 0.248 e. The lowest BCUT2D eigenvalue weighted by Crippen LogP contribution is -2.62. The summed E-state index contributed by atoms with van der Waals surface area (Å²) in [5, 5.41) is 18.9. The van der Waals surface area contributed by atoms with Gasteiger partial charge in [-0.2, -0.15) is 11.8 Å². The van der Waals surface area contributed by atoms with E-state index in [0.29, 0.717) is 30.6 Å². The first-order valence-electron chi connectivity index (χ1n) is 33.2. The van der Waals surface area contributed by atoms with Crippen LogP contribution >= 0.6 is 11.8 Å². The minimum atomic E-state index is -1.64. The van der Waals surface area contributed by atoms with E-state index in [0.717, 1.165) is 29.1 Å². The molecule has 522 valence electrons. The number of amides is 11. The van der Waals surface area contributed by atoms with Gasteiger partial charge in [-0.1, -0.05) is 109 Å². The smallest absolute Gasteiger partial charge is 0.248 e. The number of likely N-dealkylation sites (N-methyl/N-ethyl adjacent to an activating group) is 7. The van der Waals surface area contributed by atoms with Gasteiger partial charge in [-0.3, -0.25) is 52.7 Å². The molecule has 12 atom stereocenters. The average Bonchev–Trinajstić information content (AvgIpc) is 1.29. The molecule has 3 heterocycles. The molecule has 3 saturated heterocycles. The number of carbonyl (C=O) groups is 11. The van der Waals surface area contributed by atoms with Crippen LogP contribution in [0.3, 0.4) is 0 Å². The Hall–Kier alpha value is -7.12. The fourth-order valence-electron chi connectivity index (χ4n) is 12.3. The van der Waals surface area contributed by atoms with Gasteiger partial charge in [0.1, 0.15) is 54.4 Å². The van der Waals surface area contributed by atoms with Crippen molar-refractivity contribution in [3.8, 4) is 0 Å². The highest BCUT2D eigenvalue weighted by Gasteiger charge is 2.46. The Labute approximate surface area is 561 Å². The molecule has 2 aromatic carbocycles. The molecule has 3 aliphatic rings. The van der Waals surface area contributed by atoms with Crippen LogP contribution in [-0.4, -0.2) is 262 Å². The molecule has 0 aromatic heterocycles. The zero-order valence-electron chi connectivity index (χ0n) is 58.6. The monoisotopic (exact) mass is 1330 g/mol. The quantitative estimate of drug-likeness (QED) is 0.238. The Bertz CT molecular complexity index is 2950. The molecule has 3 aliphatic heterocycles. The first-order valence-corrected chi connectivity index (χ1v) is 34.2. The second kappa shape index (κ2) is 35.0. The SMILES string of the molecule is CC[C@H](C)[C@H]1C(=O)N[C@H](C(=O)N2CCCCC2)CSC2CC(=O)N(C)[C@@H](Cc3ccccc3)C(=O)N(C)[C@@H](C)C(=O)N(C)[C@@H](Cc3ccccc3)C(=O)N(C)[C@@H](CC(C)C)C(=O)N[C@@H](C(C)O)C(=O)N(C)CC(=O)N(C)[C@@H](CC(C)C)C(=O)N[C@@H](COC2(C)C)C(=O)N1C. The lowest BCUT2D eigenvalue weighted by atomic mass is 9.95. The maximum absolute atomic E-state index is 15.4. The van der Waals surface area contributed by atoms with E-state index in [1.165, 1.54) is 99.4 Å². The van der Waals surface area contributed by atoms with Gasteiger partial charge in [0.15, 0.2) is 0 Å². The predicted octanol–water partition coefficient (Wildman–Crippen LogP) is 3.21. The number of benzene rings is 2. The summed E-state index contributed by atoms with van der Waals surface area (Å²) in [5.41, 5.74) is -0.0212. The van der Waals surface area contributed by atoms with E-state index < -0.39 is 149 Å². The van der Waals surface area contributed by atoms with Gasteiger partial charge in [0, 0.05) is 92.7 Å². The zero-order valence-corrected chi connectivity index (χ0v) is 59.4. The fourth-order valence-corrected chi connectivity index (χ4v) is 13.7. The van der Waals surface area contributed by atoms with Gasteiger partial charge in [0.05, 0.1) is 24.9 Å². The molecule has 5 rings (SSSR count). The molecule has 2 bridgehead atoms. The van der Waals surface area contributed by atoms with Crippen LogP contribution in [0.5, 0.6) is 0 Å². The van der Waals surface area contributed by atoms with Gasteiger partial charge in [0.2, 0.25) is 65.0 Å². The minimum Gasteiger partial charge on any atom is -0.391 e. The molecule has 3 fully saturated rings. The third-order valence-corrected chi connectivity index (χ3v) is 20.5. The molecule has 0 spiro atoms. The highest BCUT2D eigenvalue weighted by Crippen LogP contribution is 2.33. The van der Waals surface area contributed by atoms with E-state index in [1.807, 2.05) is 52.8 Å². The van der Waals surface area contributed by atoms with Crippen LogP contribution < -0.4 is 16.0 Å². The summed E-state index contributed by atoms with van der Waals surface area (Å²) in [6, 6.07) is 6.28. The number of nitrogens with zero attached hydrogens (tertiary/aromatic N) is 8. The number of hydrogen-bond donors (Lipinski definition) is 4. The van der Waals surface area contributed by atoms with Crippen LogP contribution in [0.15, 0.2) is 60.7 Å². The Morgan fingerprint density at radius 3 is 1.61 bits per heavy atom. The molecule has 0 aliphatic carbocycles. The van der Waals surface area contributed by atoms with Crippen molar-refractivity contribution in [3.05, 3.63) is 71.8 Å². The highest BCUT2D eigenvalue weighted by molar-refractivity contribution is 8.00. The molecule has 24 nitrogen and oxygen atoms in total. The number of aliphatic hydroxyl groups excluding tert-OH is 1. The van der Waals surface area contributed by atoms with Crippen molar-refractivity contribution in [2.45, 2.75) is 198 Å². The molecular weight excluding hydrogens is 1220 g/mol. The number of piperidine rings is 1. The topological polar surface area (TPSA) is 279 Å². The summed E-state index contributed by atoms with van der Waals surface area (Å²) in [5.74, 6) is -8.21. The molecule has 11 amide bonds. The minimum absolute atomic E-state index is 0.00309. The summed E-state index contributed by atoms with van der Waals surface area (Å²) in [6.07, 6.45) is 1.17. The van der Waals surface area contributed by atoms with Crippen LogP contribution in [0.2, 0.25) is 0 Å². The molecule has 2 aromatic rings. The third-order valence-electron chi connectivity index (χ3n) is 18.9. The van der Waals surface area contributed by atoms with Gasteiger partial charge in [0.25, 0.3) is 0 Å². The number of likely N-dealkylation sites (tertiary alicyclic amines) is 1. The standard InChI is InChI=1S/C69H107N11O13S/c1-18-44(6)59-62(86)71-50(65(89)80-32-26-21-27-33-80)41-94-55-38-56(82)76(14)53(36-47-28-22-19-23-29-47)66(90)74(12)45(7)63(87)78(16)54(37-48-30-24-20-25-31-48)67(91)77(15)52(35-43(4)5)61(85)72-58(46(8)81)68(92)73(11)39-57(83)75(13)51(34-42(2)3)60(84)70-49(64(88)79(59)17)40-93-69(55,9)10/h19-20,22-25,28-31,42-46,49-55,58-59,81H,18,21,26-27,32-41H2,1-17H3,(H,70,84)(H,71,86)(H,72,85)/t44-,45-,46?,49-,50-,51-,52-,53-,54-,55?,58-,59-/m0/s1. The lowest BCUT2D eigenvalue weighted by molar-refractivity contribution is -0.153. The molecule has 25 heteroatoms. The Kier molecular flexibility index (Phi) is 28.9. The lowest BCUT2D eigenvalue weighted by Gasteiger charge is -2.39. The number of aliphatic hydroxyl groups is 1. The summed E-state index contributed by atoms with van der Waals surface area (Å²) < 4.78 is 6.80. The van der Waals surface area contributed by atoms with Crippen LogP contribution in [0.25, 0.3) is 0 Å². The Balaban J connectivity index is 1.73. The van der Waals surface area contributed by atoms with E-state index in [-0.39, 0.29) is 55.6 Å². The zero-order chi connectivity index (χ0) is 70.2. The van der Waals surface area contributed by atoms with E-state index in [4.69, 9.17) is 4.74 Å². The van der Waals surface area contributed by atoms with Gasteiger partial charge in [-0.05, 0) is 88.7 Å². The van der Waals surface area contributed by atoms with Crippen LogP contribution in [0.4, 0.5) is 0 Å². The second-order valence-corrected chi connectivity index (χ2v) is 28.6. The average molecular weight is 1330 g/mol. The van der Waals surface area contributed by atoms with Crippen molar-refractivity contribution in [2.75, 3.05) is 81.3 Å². The second-order valence-electron chi connectivity index (χ2n) is 27.4. The fraction of sp³-hybridized carbons (Fsp3) is 0.667. The van der Waals surface area contributed by atoms with Crippen molar-refractivity contribution < 1.29 is 62.6 Å². The van der Waals surface area contributed by atoms with Crippen molar-refractivity contribution in [1.29, 1.82) is 0 Å². The van der Waals surface area contributed by atoms with Crippen LogP contribution in [0, 0.1) is 17.8 Å². The van der Waals surface area contributed by atoms with Gasteiger partial charge >= 0.3 is 0 Å². The van der Waals surface area contributed by atoms with Crippen LogP contribution in [-0.2, 0) is 70.3 Å². The molecular formula is C69H107N11O13S. The number of nitrogens with one attached hydrogen (secondary N) is 3. The molecule has 2 unspecified atom stereocenters. The van der Waals surface area contributed by atoms with Crippen molar-refractivity contribution in [2.24, 2.45) is 17.8 Å². The number of fused-ring (bicyclic) bond motifs is 4. The third kappa shape index (κ3) is 20.2. The van der Waals surface area contributed by atoms with E-state index in [9.17, 15) is 29.1 Å². The molecule has 94 heavy (non-hydrogen) atoms. The maximum atomic E-state index is 15.4. The van der Waals surface area contributed by atoms with E-state index >= 15 is 28.8 Å². The van der Waals surface area contributed by atoms with Crippen molar-refractivity contribution in [1.82, 2.24) is 55.1 Å². The molecule has 0 saturated carbocycles. The van der Waals surface area contributed by atoms with E-state index in [2.05, 4.69) is 16.0 Å². The summed E-state index contributed by atoms with van der Waals surface area (Å²) in [7, 11) is 9.96. The normalized spacial score (nSPS) is 27.3. The first-order chi connectivity index (χ1) is 44.1. The number of carbonyl (C=O) groups excluding carboxylic acids is 11. The van der Waals surface area contributed by atoms with E-state index in [1.54, 1.807) is 68.1 Å². The van der Waals surface area contributed by atoms with Gasteiger partial charge in [-0.15, -0.1) is 0 Å². The summed E-state index contributed by atoms with van der Waals surface area (Å²) in [4.78, 5) is 175. The van der Waals surface area contributed by atoms with Crippen LogP contribution in [0.1, 0.15) is 125 Å². The largest absolute Gasteiger partial charge is 0.391 e. The predicted molar refractivity (Wildman–Crippen MR) is 360 cm³/mol. The highest BCUT2D eigenvalue weighted by atomic mass is 32.2.